The highest BCUT2D eigenvalue weighted by atomic mass is 16.5. The number of H-pyrrole nitrogens is 1. The third-order valence-electron chi connectivity index (χ3n) is 7.10. The van der Waals surface area contributed by atoms with E-state index in [0.717, 1.165) is 74.5 Å². The fraction of sp³-hybridized carbons (Fsp3) is 0.440. The third-order valence-corrected chi connectivity index (χ3v) is 7.10. The first-order valence-corrected chi connectivity index (χ1v) is 11.3. The zero-order valence-electron chi connectivity index (χ0n) is 17.9. The van der Waals surface area contributed by atoms with Crippen LogP contribution in [-0.4, -0.2) is 60.2 Å². The Morgan fingerprint density at radius 2 is 1.84 bits per heavy atom. The number of benzene rings is 1. The van der Waals surface area contributed by atoms with Crippen LogP contribution in [0.25, 0.3) is 22.3 Å². The lowest BCUT2D eigenvalue weighted by Gasteiger charge is -2.38. The second-order valence-corrected chi connectivity index (χ2v) is 9.49. The molecule has 0 spiro atoms. The molecule has 6 nitrogen and oxygen atoms in total. The van der Waals surface area contributed by atoms with E-state index in [-0.39, 0.29) is 5.41 Å². The normalized spacial score (nSPS) is 20.7. The second kappa shape index (κ2) is 7.09. The minimum absolute atomic E-state index is 0.150. The number of pyridine rings is 1. The van der Waals surface area contributed by atoms with Gasteiger partial charge in [-0.25, -0.2) is 4.98 Å². The summed E-state index contributed by atoms with van der Waals surface area (Å²) in [6.07, 6.45) is 4.02. The molecule has 0 radical (unpaired) electrons. The van der Waals surface area contributed by atoms with Gasteiger partial charge in [-0.3, -0.25) is 4.79 Å². The smallest absolute Gasteiger partial charge is 0.225 e. The molecule has 160 valence electrons. The molecule has 2 aliphatic heterocycles. The Morgan fingerprint density at radius 3 is 2.48 bits per heavy atom. The van der Waals surface area contributed by atoms with Crippen molar-refractivity contribution in [2.24, 2.45) is 5.92 Å². The van der Waals surface area contributed by atoms with E-state index in [4.69, 9.17) is 4.74 Å². The van der Waals surface area contributed by atoms with E-state index >= 15 is 0 Å². The first-order chi connectivity index (χ1) is 15.1. The number of fused-ring (bicyclic) bond motifs is 1. The molecule has 3 fully saturated rings. The molecule has 6 heteroatoms. The van der Waals surface area contributed by atoms with Crippen LogP contribution in [0, 0.1) is 5.92 Å². The van der Waals surface area contributed by atoms with Crippen molar-refractivity contribution >= 4 is 22.6 Å². The van der Waals surface area contributed by atoms with Crippen LogP contribution in [0.4, 0.5) is 5.69 Å². The number of nitrogens with one attached hydrogen (secondary N) is 1. The van der Waals surface area contributed by atoms with E-state index in [1.807, 2.05) is 11.1 Å². The monoisotopic (exact) mass is 416 g/mol. The standard InChI is InChI=1S/C25H28N4O2/c1-25(15-31-16-25)19-6-4-17(5-7-19)21-14-20-22(8-9-26-23(20)27-21)28-10-12-29(13-11-28)24(30)18-2-3-18/h4-9,14,18H,2-3,10-13,15-16H2,1H3,(H,26,27). The molecule has 3 aliphatic rings. The van der Waals surface area contributed by atoms with Gasteiger partial charge in [0.1, 0.15) is 5.65 Å². The van der Waals surface area contributed by atoms with E-state index < -0.39 is 0 Å². The summed E-state index contributed by atoms with van der Waals surface area (Å²) < 4.78 is 5.41. The maximum atomic E-state index is 12.4. The Kier molecular flexibility index (Phi) is 4.32. The van der Waals surface area contributed by atoms with E-state index in [1.165, 1.54) is 11.3 Å². The summed E-state index contributed by atoms with van der Waals surface area (Å²) in [5.74, 6) is 0.659. The van der Waals surface area contributed by atoms with Crippen LogP contribution >= 0.6 is 0 Å². The van der Waals surface area contributed by atoms with Gasteiger partial charge >= 0.3 is 0 Å². The number of carbonyl (C=O) groups is 1. The predicted octanol–water partition coefficient (Wildman–Crippen LogP) is 3.58. The largest absolute Gasteiger partial charge is 0.379 e. The summed E-state index contributed by atoms with van der Waals surface area (Å²) in [7, 11) is 0. The van der Waals surface area contributed by atoms with Crippen LogP contribution in [0.15, 0.2) is 42.6 Å². The molecule has 1 aliphatic carbocycles. The van der Waals surface area contributed by atoms with Crippen molar-refractivity contribution in [3.05, 3.63) is 48.2 Å². The predicted molar refractivity (Wildman–Crippen MR) is 121 cm³/mol. The topological polar surface area (TPSA) is 61.5 Å². The summed E-state index contributed by atoms with van der Waals surface area (Å²) in [6, 6.07) is 13.1. The number of carbonyl (C=O) groups excluding carboxylic acids is 1. The van der Waals surface area contributed by atoms with Crippen molar-refractivity contribution in [3.8, 4) is 11.3 Å². The van der Waals surface area contributed by atoms with Gasteiger partial charge in [0, 0.05) is 60.5 Å². The average Bonchev–Trinajstić information content (AvgIpc) is 3.55. The molecular weight excluding hydrogens is 388 g/mol. The van der Waals surface area contributed by atoms with Gasteiger partial charge in [0.05, 0.1) is 13.2 Å². The van der Waals surface area contributed by atoms with Crippen molar-refractivity contribution in [2.75, 3.05) is 44.3 Å². The van der Waals surface area contributed by atoms with Gasteiger partial charge in [-0.15, -0.1) is 0 Å². The number of hydrogen-bond donors (Lipinski definition) is 1. The molecule has 3 aromatic rings. The van der Waals surface area contributed by atoms with Crippen LogP contribution in [0.5, 0.6) is 0 Å². The number of anilines is 1. The number of nitrogens with zero attached hydrogens (tertiary/aromatic N) is 3. The van der Waals surface area contributed by atoms with Gasteiger partial charge < -0.3 is 19.5 Å². The second-order valence-electron chi connectivity index (χ2n) is 9.49. The van der Waals surface area contributed by atoms with E-state index in [9.17, 15) is 4.79 Å². The van der Waals surface area contributed by atoms with Gasteiger partial charge in [-0.1, -0.05) is 31.2 Å². The number of ether oxygens (including phenoxy) is 1. The van der Waals surface area contributed by atoms with E-state index in [1.54, 1.807) is 0 Å². The van der Waals surface area contributed by atoms with Crippen molar-refractivity contribution < 1.29 is 9.53 Å². The van der Waals surface area contributed by atoms with Crippen LogP contribution < -0.4 is 4.90 Å². The molecule has 0 bridgehead atoms. The first kappa shape index (κ1) is 18.9. The van der Waals surface area contributed by atoms with Gasteiger partial charge in [0.15, 0.2) is 0 Å². The van der Waals surface area contributed by atoms with Crippen molar-refractivity contribution in [3.63, 3.8) is 0 Å². The maximum Gasteiger partial charge on any atom is 0.225 e. The number of aromatic amines is 1. The summed E-state index contributed by atoms with van der Waals surface area (Å²) >= 11 is 0. The lowest BCUT2D eigenvalue weighted by atomic mass is 9.80. The van der Waals surface area contributed by atoms with Gasteiger partial charge in [-0.2, -0.15) is 0 Å². The Labute approximate surface area is 182 Å². The SMILES string of the molecule is CC1(c2ccc(-c3cc4c(N5CCN(C(=O)C6CC6)CC5)ccnc4[nH]3)cc2)COC1. The summed E-state index contributed by atoms with van der Waals surface area (Å²) in [6.45, 7) is 7.20. The zero-order chi connectivity index (χ0) is 21.0. The Morgan fingerprint density at radius 1 is 1.10 bits per heavy atom. The minimum Gasteiger partial charge on any atom is -0.379 e. The molecule has 0 atom stereocenters. The molecule has 4 heterocycles. The minimum atomic E-state index is 0.150. The van der Waals surface area contributed by atoms with Crippen molar-refractivity contribution in [1.82, 2.24) is 14.9 Å². The Bertz CT molecular complexity index is 1120. The quantitative estimate of drug-likeness (QED) is 0.706. The lowest BCUT2D eigenvalue weighted by molar-refractivity contribution is -0.132. The summed E-state index contributed by atoms with van der Waals surface area (Å²) in [4.78, 5) is 24.9. The van der Waals surface area contributed by atoms with Crippen molar-refractivity contribution in [2.45, 2.75) is 25.2 Å². The fourth-order valence-corrected chi connectivity index (χ4v) is 4.83. The van der Waals surface area contributed by atoms with Crippen LogP contribution in [0.2, 0.25) is 0 Å². The molecule has 6 rings (SSSR count). The molecule has 1 aromatic carbocycles. The van der Waals surface area contributed by atoms with Crippen LogP contribution in [0.1, 0.15) is 25.3 Å². The molecule has 31 heavy (non-hydrogen) atoms. The maximum absolute atomic E-state index is 12.4. The van der Waals surface area contributed by atoms with Gasteiger partial charge in [0.2, 0.25) is 5.91 Å². The van der Waals surface area contributed by atoms with Crippen LogP contribution in [-0.2, 0) is 14.9 Å². The van der Waals surface area contributed by atoms with Crippen molar-refractivity contribution in [1.29, 1.82) is 0 Å². The molecule has 1 saturated carbocycles. The fourth-order valence-electron chi connectivity index (χ4n) is 4.83. The molecule has 2 aromatic heterocycles. The highest BCUT2D eigenvalue weighted by Crippen LogP contribution is 2.35. The summed E-state index contributed by atoms with van der Waals surface area (Å²) in [5, 5.41) is 1.14. The number of hydrogen-bond acceptors (Lipinski definition) is 4. The van der Waals surface area contributed by atoms with E-state index in [2.05, 4.69) is 58.2 Å². The Hall–Kier alpha value is -2.86. The average molecular weight is 417 g/mol. The molecule has 0 unspecified atom stereocenters. The van der Waals surface area contributed by atoms with Crippen LogP contribution in [0.3, 0.4) is 0 Å². The summed E-state index contributed by atoms with van der Waals surface area (Å²) in [5.41, 5.74) is 5.83. The number of aromatic nitrogens is 2. The number of amides is 1. The molecular formula is C25H28N4O2. The van der Waals surface area contributed by atoms with Gasteiger partial charge in [0.25, 0.3) is 0 Å². The Balaban J connectivity index is 1.24. The zero-order valence-corrected chi connectivity index (χ0v) is 17.9. The molecule has 2 saturated heterocycles. The lowest BCUT2D eigenvalue weighted by Crippen LogP contribution is -2.49. The van der Waals surface area contributed by atoms with Gasteiger partial charge in [-0.05, 0) is 36.1 Å². The first-order valence-electron chi connectivity index (χ1n) is 11.3. The highest BCUT2D eigenvalue weighted by Gasteiger charge is 2.35. The highest BCUT2D eigenvalue weighted by molar-refractivity contribution is 5.94. The molecule has 1 N–H and O–H groups in total. The number of rotatable bonds is 4. The van der Waals surface area contributed by atoms with E-state index in [0.29, 0.717) is 11.8 Å². The third kappa shape index (κ3) is 3.30. The number of piperazine rings is 1. The molecule has 1 amide bonds.